The van der Waals surface area contributed by atoms with Crippen LogP contribution >= 0.6 is 0 Å². The molecule has 1 aromatic carbocycles. The first kappa shape index (κ1) is 13.1. The van der Waals surface area contributed by atoms with E-state index in [0.29, 0.717) is 12.1 Å². The Morgan fingerprint density at radius 1 is 1.35 bits per heavy atom. The smallest absolute Gasteiger partial charge is 0.182 e. The molecule has 2 aromatic rings. The highest BCUT2D eigenvalue weighted by atomic mass is 16.5. The Labute approximate surface area is 117 Å². The zero-order valence-electron chi connectivity index (χ0n) is 11.8. The van der Waals surface area contributed by atoms with Gasteiger partial charge in [-0.3, -0.25) is 0 Å². The molecule has 6 heteroatoms. The zero-order valence-corrected chi connectivity index (χ0v) is 11.8. The van der Waals surface area contributed by atoms with Crippen molar-refractivity contribution in [2.45, 2.75) is 38.8 Å². The molecule has 106 valence electrons. The highest BCUT2D eigenvalue weighted by molar-refractivity contribution is 5.62. The molecule has 0 atom stereocenters. The van der Waals surface area contributed by atoms with Crippen LogP contribution in [0.25, 0.3) is 11.4 Å². The average molecular weight is 273 g/mol. The molecule has 1 saturated carbocycles. The fraction of sp³-hybridized carbons (Fsp3) is 0.500. The van der Waals surface area contributed by atoms with Gasteiger partial charge in [0.05, 0.1) is 12.1 Å². The Morgan fingerprint density at radius 2 is 2.15 bits per heavy atom. The largest absolute Gasteiger partial charge is 0.399 e. The summed E-state index contributed by atoms with van der Waals surface area (Å²) in [7, 11) is 0. The molecule has 0 spiro atoms. The van der Waals surface area contributed by atoms with Crippen molar-refractivity contribution in [1.29, 1.82) is 0 Å². The molecule has 3 rings (SSSR count). The molecule has 20 heavy (non-hydrogen) atoms. The zero-order chi connectivity index (χ0) is 14.1. The van der Waals surface area contributed by atoms with Crippen LogP contribution in [0.4, 0.5) is 5.69 Å². The van der Waals surface area contributed by atoms with Crippen LogP contribution in [-0.4, -0.2) is 32.9 Å². The molecule has 0 saturated heterocycles. The molecular formula is C14H19N5O. The molecule has 0 aliphatic heterocycles. The van der Waals surface area contributed by atoms with Gasteiger partial charge < -0.3 is 10.5 Å². The van der Waals surface area contributed by atoms with Gasteiger partial charge in [-0.25, -0.2) is 4.68 Å². The van der Waals surface area contributed by atoms with Crippen LogP contribution in [0.1, 0.15) is 31.4 Å². The second kappa shape index (κ2) is 5.20. The van der Waals surface area contributed by atoms with E-state index in [9.17, 15) is 0 Å². The molecule has 0 amide bonds. The predicted octanol–water partition coefficient (Wildman–Crippen LogP) is 1.97. The summed E-state index contributed by atoms with van der Waals surface area (Å²) in [6, 6.07) is 6.22. The lowest BCUT2D eigenvalue weighted by molar-refractivity contribution is -0.0227. The summed E-state index contributed by atoms with van der Waals surface area (Å²) in [5, 5.41) is 12.1. The Balaban J connectivity index is 1.84. The summed E-state index contributed by atoms with van der Waals surface area (Å²) in [6.07, 6.45) is 2.27. The Hall–Kier alpha value is -1.95. The molecule has 1 aliphatic rings. The monoisotopic (exact) mass is 273 g/mol. The minimum atomic E-state index is 0.318. The number of tetrazole rings is 1. The predicted molar refractivity (Wildman–Crippen MR) is 76.1 cm³/mol. The summed E-state index contributed by atoms with van der Waals surface area (Å²) in [5.41, 5.74) is 8.71. The molecular weight excluding hydrogens is 254 g/mol. The number of benzene rings is 1. The molecule has 0 bridgehead atoms. The van der Waals surface area contributed by atoms with Crippen LogP contribution < -0.4 is 5.73 Å². The van der Waals surface area contributed by atoms with Crippen molar-refractivity contribution in [3.05, 3.63) is 23.8 Å². The summed E-state index contributed by atoms with van der Waals surface area (Å²) in [4.78, 5) is 0. The van der Waals surface area contributed by atoms with E-state index in [-0.39, 0.29) is 0 Å². The summed E-state index contributed by atoms with van der Waals surface area (Å²) in [6.45, 7) is 4.79. The summed E-state index contributed by atoms with van der Waals surface area (Å²) >= 11 is 0. The third-order valence-electron chi connectivity index (χ3n) is 3.67. The SMILES string of the molecule is CCOC1CC(n2nnnc2-c2cc(C)cc(N)c2)C1. The molecule has 2 N–H and O–H groups in total. The lowest BCUT2D eigenvalue weighted by atomic mass is 9.89. The van der Waals surface area contributed by atoms with Gasteiger partial charge >= 0.3 is 0 Å². The Bertz CT molecular complexity index is 583. The number of nitrogen functional groups attached to an aromatic ring is 1. The van der Waals surface area contributed by atoms with Gasteiger partial charge in [-0.1, -0.05) is 0 Å². The van der Waals surface area contributed by atoms with Crippen molar-refractivity contribution in [3.63, 3.8) is 0 Å². The fourth-order valence-corrected chi connectivity index (χ4v) is 2.68. The van der Waals surface area contributed by atoms with Gasteiger partial charge in [-0.05, 0) is 60.9 Å². The topological polar surface area (TPSA) is 78.8 Å². The quantitative estimate of drug-likeness (QED) is 0.862. The maximum atomic E-state index is 5.90. The number of ether oxygens (including phenoxy) is 1. The van der Waals surface area contributed by atoms with Gasteiger partial charge in [0, 0.05) is 17.9 Å². The van der Waals surface area contributed by atoms with E-state index in [0.717, 1.165) is 42.1 Å². The van der Waals surface area contributed by atoms with Crippen LogP contribution in [0.2, 0.25) is 0 Å². The molecule has 1 fully saturated rings. The minimum absolute atomic E-state index is 0.318. The number of nitrogens with two attached hydrogens (primary N) is 1. The van der Waals surface area contributed by atoms with Gasteiger partial charge in [0.25, 0.3) is 0 Å². The molecule has 0 unspecified atom stereocenters. The number of rotatable bonds is 4. The van der Waals surface area contributed by atoms with Crippen LogP contribution in [0.3, 0.4) is 0 Å². The van der Waals surface area contributed by atoms with Crippen LogP contribution in [0, 0.1) is 6.92 Å². The van der Waals surface area contributed by atoms with Gasteiger partial charge in [0.15, 0.2) is 5.82 Å². The number of nitrogens with zero attached hydrogens (tertiary/aromatic N) is 4. The summed E-state index contributed by atoms with van der Waals surface area (Å²) < 4.78 is 7.48. The average Bonchev–Trinajstić information content (AvgIpc) is 2.80. The van der Waals surface area contributed by atoms with Crippen LogP contribution in [0.5, 0.6) is 0 Å². The van der Waals surface area contributed by atoms with E-state index in [1.165, 1.54) is 0 Å². The lowest BCUT2D eigenvalue weighted by Gasteiger charge is -2.34. The van der Waals surface area contributed by atoms with E-state index in [2.05, 4.69) is 21.6 Å². The number of aryl methyl sites for hydroxylation is 1. The lowest BCUT2D eigenvalue weighted by Crippen LogP contribution is -2.34. The van der Waals surface area contributed by atoms with Gasteiger partial charge in [-0.15, -0.1) is 5.10 Å². The normalized spacial score (nSPS) is 21.7. The second-order valence-corrected chi connectivity index (χ2v) is 5.28. The molecule has 6 nitrogen and oxygen atoms in total. The number of anilines is 1. The molecule has 1 heterocycles. The highest BCUT2D eigenvalue weighted by Crippen LogP contribution is 2.36. The van der Waals surface area contributed by atoms with Crippen molar-refractivity contribution in [1.82, 2.24) is 20.2 Å². The van der Waals surface area contributed by atoms with E-state index >= 15 is 0 Å². The van der Waals surface area contributed by atoms with Crippen molar-refractivity contribution < 1.29 is 4.74 Å². The van der Waals surface area contributed by atoms with Crippen molar-refractivity contribution in [2.75, 3.05) is 12.3 Å². The number of hydrogen-bond donors (Lipinski definition) is 1. The van der Waals surface area contributed by atoms with Crippen molar-refractivity contribution >= 4 is 5.69 Å². The van der Waals surface area contributed by atoms with Crippen LogP contribution in [-0.2, 0) is 4.74 Å². The van der Waals surface area contributed by atoms with E-state index < -0.39 is 0 Å². The first-order chi connectivity index (χ1) is 9.67. The first-order valence-electron chi connectivity index (χ1n) is 6.94. The Kier molecular flexibility index (Phi) is 3.40. The number of aromatic nitrogens is 4. The molecule has 1 aromatic heterocycles. The fourth-order valence-electron chi connectivity index (χ4n) is 2.68. The van der Waals surface area contributed by atoms with Gasteiger partial charge in [-0.2, -0.15) is 0 Å². The van der Waals surface area contributed by atoms with Gasteiger partial charge in [0.1, 0.15) is 0 Å². The second-order valence-electron chi connectivity index (χ2n) is 5.28. The Morgan fingerprint density at radius 3 is 2.85 bits per heavy atom. The maximum absolute atomic E-state index is 5.90. The number of hydrogen-bond acceptors (Lipinski definition) is 5. The van der Waals surface area contributed by atoms with Crippen LogP contribution in [0.15, 0.2) is 18.2 Å². The highest BCUT2D eigenvalue weighted by Gasteiger charge is 2.33. The maximum Gasteiger partial charge on any atom is 0.182 e. The standard InChI is InChI=1S/C14H19N5O/c1-3-20-13-7-12(8-13)19-14(16-17-18-19)10-4-9(2)5-11(15)6-10/h4-6,12-13H,3,7-8,15H2,1-2H3. The van der Waals surface area contributed by atoms with Crippen molar-refractivity contribution in [2.24, 2.45) is 0 Å². The third-order valence-corrected chi connectivity index (χ3v) is 3.67. The summed E-state index contributed by atoms with van der Waals surface area (Å²) in [5.74, 6) is 0.778. The van der Waals surface area contributed by atoms with E-state index in [4.69, 9.17) is 10.5 Å². The van der Waals surface area contributed by atoms with Gasteiger partial charge in [0.2, 0.25) is 0 Å². The molecule has 1 aliphatic carbocycles. The molecule has 0 radical (unpaired) electrons. The van der Waals surface area contributed by atoms with E-state index in [1.807, 2.05) is 30.7 Å². The minimum Gasteiger partial charge on any atom is -0.399 e. The first-order valence-corrected chi connectivity index (χ1v) is 6.94. The van der Waals surface area contributed by atoms with Crippen molar-refractivity contribution in [3.8, 4) is 11.4 Å². The van der Waals surface area contributed by atoms with E-state index in [1.54, 1.807) is 0 Å². The third kappa shape index (κ3) is 2.38.